The second-order valence-corrected chi connectivity index (χ2v) is 2.81. The molecule has 0 spiro atoms. The van der Waals surface area contributed by atoms with Crippen molar-refractivity contribution < 1.29 is 22.3 Å². The molecule has 0 saturated heterocycles. The second-order valence-electron chi connectivity index (χ2n) is 2.81. The van der Waals surface area contributed by atoms with E-state index in [0.29, 0.717) is 5.56 Å². The molecular formula is C9H8F4N2O. The molecule has 0 heterocycles. The molecule has 0 unspecified atom stereocenters. The zero-order valence-corrected chi connectivity index (χ0v) is 7.91. The summed E-state index contributed by atoms with van der Waals surface area (Å²) < 4.78 is 52.3. The van der Waals surface area contributed by atoms with Crippen molar-refractivity contribution in [2.24, 2.45) is 10.9 Å². The predicted molar refractivity (Wildman–Crippen MR) is 49.8 cm³/mol. The molecule has 1 aromatic carbocycles. The predicted octanol–water partition coefficient (Wildman–Crippen LogP) is 2.22. The molecule has 16 heavy (non-hydrogen) atoms. The zero-order valence-electron chi connectivity index (χ0n) is 7.91. The monoisotopic (exact) mass is 236 g/mol. The van der Waals surface area contributed by atoms with E-state index in [1.807, 2.05) is 0 Å². The van der Waals surface area contributed by atoms with E-state index in [1.165, 1.54) is 18.3 Å². The van der Waals surface area contributed by atoms with Crippen LogP contribution in [0.5, 0.6) is 5.75 Å². The summed E-state index contributed by atoms with van der Waals surface area (Å²) in [4.78, 5) is 0. The van der Waals surface area contributed by atoms with Gasteiger partial charge in [-0.1, -0.05) is 0 Å². The van der Waals surface area contributed by atoms with Crippen molar-refractivity contribution in [2.75, 3.05) is 0 Å². The van der Waals surface area contributed by atoms with Gasteiger partial charge < -0.3 is 10.6 Å². The number of nitrogens with two attached hydrogens (primary N) is 1. The molecule has 0 aliphatic rings. The second kappa shape index (κ2) is 4.82. The lowest BCUT2D eigenvalue weighted by Gasteiger charge is -2.16. The standard InChI is InChI=1S/C9H8F4N2O/c10-8(11)9(12,13)16-7-3-1-6(2-4-7)5-15-14/h1-5,8H,14H2/b15-5+. The van der Waals surface area contributed by atoms with Crippen LogP contribution in [-0.2, 0) is 0 Å². The number of alkyl halides is 4. The van der Waals surface area contributed by atoms with Crippen LogP contribution in [0.4, 0.5) is 17.6 Å². The van der Waals surface area contributed by atoms with Gasteiger partial charge in [0.15, 0.2) is 0 Å². The summed E-state index contributed by atoms with van der Waals surface area (Å²) in [6, 6.07) is 4.95. The molecule has 0 radical (unpaired) electrons. The zero-order chi connectivity index (χ0) is 12.2. The van der Waals surface area contributed by atoms with E-state index < -0.39 is 12.5 Å². The summed E-state index contributed by atoms with van der Waals surface area (Å²) in [5.41, 5.74) is 0.537. The highest BCUT2D eigenvalue weighted by Crippen LogP contribution is 2.27. The molecule has 2 N–H and O–H groups in total. The van der Waals surface area contributed by atoms with E-state index in [2.05, 4.69) is 9.84 Å². The molecule has 0 atom stereocenters. The summed E-state index contributed by atoms with van der Waals surface area (Å²) in [5.74, 6) is 4.50. The topological polar surface area (TPSA) is 47.6 Å². The molecule has 7 heteroatoms. The third-order valence-corrected chi connectivity index (χ3v) is 1.61. The molecule has 0 saturated carbocycles. The molecule has 0 aliphatic carbocycles. The van der Waals surface area contributed by atoms with Gasteiger partial charge in [-0.3, -0.25) is 0 Å². The Bertz CT molecular complexity index is 364. The van der Waals surface area contributed by atoms with E-state index in [1.54, 1.807) is 0 Å². The van der Waals surface area contributed by atoms with E-state index >= 15 is 0 Å². The quantitative estimate of drug-likeness (QED) is 0.377. The van der Waals surface area contributed by atoms with Crippen molar-refractivity contribution in [2.45, 2.75) is 12.5 Å². The number of halogens is 4. The van der Waals surface area contributed by atoms with Gasteiger partial charge in [0.2, 0.25) is 0 Å². The highest BCUT2D eigenvalue weighted by Gasteiger charge is 2.43. The summed E-state index contributed by atoms with van der Waals surface area (Å²) in [5, 5.41) is 3.20. The Kier molecular flexibility index (Phi) is 3.70. The lowest BCUT2D eigenvalue weighted by Crippen LogP contribution is -2.33. The van der Waals surface area contributed by atoms with Crippen LogP contribution >= 0.6 is 0 Å². The smallest absolute Gasteiger partial charge is 0.428 e. The van der Waals surface area contributed by atoms with Crippen molar-refractivity contribution in [1.29, 1.82) is 0 Å². The SMILES string of the molecule is N/N=C/c1ccc(OC(F)(F)C(F)F)cc1. The molecule has 0 aliphatic heterocycles. The fourth-order valence-corrected chi connectivity index (χ4v) is 0.910. The molecule has 1 aromatic rings. The summed E-state index contributed by atoms with van der Waals surface area (Å²) in [6.07, 6.45) is -7.10. The van der Waals surface area contributed by atoms with Crippen LogP contribution in [0.1, 0.15) is 5.56 Å². The van der Waals surface area contributed by atoms with Crippen molar-refractivity contribution in [3.8, 4) is 5.75 Å². The van der Waals surface area contributed by atoms with Gasteiger partial charge in [-0.2, -0.15) is 22.7 Å². The number of hydrogen-bond donors (Lipinski definition) is 1. The third kappa shape index (κ3) is 3.11. The Balaban J connectivity index is 2.76. The van der Waals surface area contributed by atoms with Crippen molar-refractivity contribution >= 4 is 6.21 Å². The van der Waals surface area contributed by atoms with Crippen molar-refractivity contribution in [3.05, 3.63) is 29.8 Å². The van der Waals surface area contributed by atoms with E-state index in [-0.39, 0.29) is 5.75 Å². The molecule has 0 aromatic heterocycles. The molecule has 3 nitrogen and oxygen atoms in total. The van der Waals surface area contributed by atoms with Crippen LogP contribution in [0.25, 0.3) is 0 Å². The van der Waals surface area contributed by atoms with Crippen LogP contribution < -0.4 is 10.6 Å². The minimum atomic E-state index is -4.50. The van der Waals surface area contributed by atoms with Crippen LogP contribution in [0.15, 0.2) is 29.4 Å². The first-order valence-corrected chi connectivity index (χ1v) is 4.14. The van der Waals surface area contributed by atoms with Crippen LogP contribution in [0, 0.1) is 0 Å². The average molecular weight is 236 g/mol. The number of benzene rings is 1. The Morgan fingerprint density at radius 2 is 1.81 bits per heavy atom. The maximum absolute atomic E-state index is 12.5. The normalized spacial score (nSPS) is 12.3. The number of ether oxygens (including phenoxy) is 1. The Morgan fingerprint density at radius 1 is 1.25 bits per heavy atom. The third-order valence-electron chi connectivity index (χ3n) is 1.61. The van der Waals surface area contributed by atoms with E-state index in [0.717, 1.165) is 12.1 Å². The highest BCUT2D eigenvalue weighted by atomic mass is 19.3. The minimum Gasteiger partial charge on any atom is -0.428 e. The summed E-state index contributed by atoms with van der Waals surface area (Å²) >= 11 is 0. The van der Waals surface area contributed by atoms with Gasteiger partial charge >= 0.3 is 12.5 Å². The van der Waals surface area contributed by atoms with Crippen LogP contribution in [0.2, 0.25) is 0 Å². The van der Waals surface area contributed by atoms with Crippen molar-refractivity contribution in [1.82, 2.24) is 0 Å². The molecule has 88 valence electrons. The van der Waals surface area contributed by atoms with Gasteiger partial charge in [-0.25, -0.2) is 0 Å². The van der Waals surface area contributed by atoms with Gasteiger partial charge in [-0.05, 0) is 29.8 Å². The van der Waals surface area contributed by atoms with Crippen molar-refractivity contribution in [3.63, 3.8) is 0 Å². The Hall–Kier alpha value is -1.79. The number of nitrogens with zero attached hydrogens (tertiary/aromatic N) is 1. The minimum absolute atomic E-state index is 0.362. The molecule has 0 fully saturated rings. The Morgan fingerprint density at radius 3 is 2.25 bits per heavy atom. The van der Waals surface area contributed by atoms with E-state index in [9.17, 15) is 17.6 Å². The summed E-state index contributed by atoms with van der Waals surface area (Å²) in [6.45, 7) is 0. The van der Waals surface area contributed by atoms with Gasteiger partial charge in [0.25, 0.3) is 0 Å². The van der Waals surface area contributed by atoms with Gasteiger partial charge in [-0.15, -0.1) is 0 Å². The highest BCUT2D eigenvalue weighted by molar-refractivity contribution is 5.79. The molecular weight excluding hydrogens is 228 g/mol. The lowest BCUT2D eigenvalue weighted by atomic mass is 10.2. The summed E-state index contributed by atoms with van der Waals surface area (Å²) in [7, 11) is 0. The van der Waals surface area contributed by atoms with E-state index in [4.69, 9.17) is 5.84 Å². The maximum Gasteiger partial charge on any atom is 0.461 e. The van der Waals surface area contributed by atoms with Crippen LogP contribution in [0.3, 0.4) is 0 Å². The molecule has 0 bridgehead atoms. The number of hydrogen-bond acceptors (Lipinski definition) is 3. The fraction of sp³-hybridized carbons (Fsp3) is 0.222. The van der Waals surface area contributed by atoms with Gasteiger partial charge in [0.05, 0.1) is 6.21 Å². The first-order chi connectivity index (χ1) is 7.45. The fourth-order valence-electron chi connectivity index (χ4n) is 0.910. The van der Waals surface area contributed by atoms with Gasteiger partial charge in [0, 0.05) is 0 Å². The Labute approximate surface area is 88.5 Å². The average Bonchev–Trinajstić information content (AvgIpc) is 2.21. The largest absolute Gasteiger partial charge is 0.461 e. The maximum atomic E-state index is 12.5. The first-order valence-electron chi connectivity index (χ1n) is 4.14. The number of hydrazone groups is 1. The first kappa shape index (κ1) is 12.3. The lowest BCUT2D eigenvalue weighted by molar-refractivity contribution is -0.253. The molecule has 0 amide bonds. The van der Waals surface area contributed by atoms with Crippen LogP contribution in [-0.4, -0.2) is 18.7 Å². The van der Waals surface area contributed by atoms with Gasteiger partial charge in [0.1, 0.15) is 5.75 Å². The number of rotatable bonds is 4. The molecule has 1 rings (SSSR count).